The molecule has 0 aliphatic carbocycles. The summed E-state index contributed by atoms with van der Waals surface area (Å²) < 4.78 is 0. The number of aromatic nitrogens is 2. The van der Waals surface area contributed by atoms with Gasteiger partial charge >= 0.3 is 0 Å². The minimum absolute atomic E-state index is 0.0323. The second-order valence-electron chi connectivity index (χ2n) is 6.51. The summed E-state index contributed by atoms with van der Waals surface area (Å²) in [5, 5.41) is 0. The fourth-order valence-electron chi connectivity index (χ4n) is 3.24. The minimum atomic E-state index is -0.0323. The van der Waals surface area contributed by atoms with Crippen molar-refractivity contribution in [3.63, 3.8) is 0 Å². The SMILES string of the molecule is CCN(Cc1ccccc1)C(=O)c1cc(N2CCCCC2)nc(C)n1. The number of amides is 1. The monoisotopic (exact) mass is 338 g/mol. The second-order valence-corrected chi connectivity index (χ2v) is 6.51. The van der Waals surface area contributed by atoms with Crippen molar-refractivity contribution in [3.05, 3.63) is 53.5 Å². The first kappa shape index (κ1) is 17.4. The normalized spacial score (nSPS) is 14.4. The molecule has 0 spiro atoms. The Morgan fingerprint density at radius 2 is 1.84 bits per heavy atom. The van der Waals surface area contributed by atoms with Gasteiger partial charge in [0.15, 0.2) is 0 Å². The molecule has 0 bridgehead atoms. The van der Waals surface area contributed by atoms with Gasteiger partial charge in [-0.3, -0.25) is 4.79 Å². The van der Waals surface area contributed by atoms with Crippen molar-refractivity contribution in [2.75, 3.05) is 24.5 Å². The average molecular weight is 338 g/mol. The Morgan fingerprint density at radius 1 is 1.12 bits per heavy atom. The topological polar surface area (TPSA) is 49.3 Å². The van der Waals surface area contributed by atoms with Crippen molar-refractivity contribution < 1.29 is 4.79 Å². The highest BCUT2D eigenvalue weighted by molar-refractivity contribution is 5.93. The Bertz CT molecular complexity index is 711. The highest BCUT2D eigenvalue weighted by atomic mass is 16.2. The van der Waals surface area contributed by atoms with E-state index < -0.39 is 0 Å². The van der Waals surface area contributed by atoms with Crippen LogP contribution in [0.5, 0.6) is 0 Å². The van der Waals surface area contributed by atoms with E-state index in [0.29, 0.717) is 24.6 Å². The summed E-state index contributed by atoms with van der Waals surface area (Å²) in [6.45, 7) is 7.11. The Balaban J connectivity index is 1.81. The molecule has 2 heterocycles. The van der Waals surface area contributed by atoms with E-state index in [1.54, 1.807) is 0 Å². The Hall–Kier alpha value is -2.43. The number of hydrogen-bond donors (Lipinski definition) is 0. The van der Waals surface area contributed by atoms with Crippen LogP contribution in [-0.4, -0.2) is 40.4 Å². The summed E-state index contributed by atoms with van der Waals surface area (Å²) in [7, 11) is 0. The molecule has 1 amide bonds. The van der Waals surface area contributed by atoms with Crippen molar-refractivity contribution in [1.82, 2.24) is 14.9 Å². The van der Waals surface area contributed by atoms with Gasteiger partial charge in [-0.05, 0) is 38.7 Å². The fraction of sp³-hybridized carbons (Fsp3) is 0.450. The van der Waals surface area contributed by atoms with Gasteiger partial charge in [-0.2, -0.15) is 0 Å². The second kappa shape index (κ2) is 8.10. The van der Waals surface area contributed by atoms with Crippen LogP contribution in [0.25, 0.3) is 0 Å². The van der Waals surface area contributed by atoms with Crippen LogP contribution in [0.3, 0.4) is 0 Å². The lowest BCUT2D eigenvalue weighted by Gasteiger charge is -2.28. The molecular weight excluding hydrogens is 312 g/mol. The van der Waals surface area contributed by atoms with E-state index in [1.807, 2.05) is 55.1 Å². The third-order valence-electron chi connectivity index (χ3n) is 4.61. The van der Waals surface area contributed by atoms with Crippen LogP contribution < -0.4 is 4.90 Å². The van der Waals surface area contributed by atoms with Crippen molar-refractivity contribution in [1.29, 1.82) is 0 Å². The largest absolute Gasteiger partial charge is 0.356 e. The predicted molar refractivity (Wildman–Crippen MR) is 99.7 cm³/mol. The first-order valence-electron chi connectivity index (χ1n) is 9.11. The zero-order valence-electron chi connectivity index (χ0n) is 15.1. The highest BCUT2D eigenvalue weighted by Crippen LogP contribution is 2.19. The molecule has 5 heteroatoms. The molecule has 5 nitrogen and oxygen atoms in total. The van der Waals surface area contributed by atoms with Crippen LogP contribution in [0.15, 0.2) is 36.4 Å². The number of carbonyl (C=O) groups is 1. The van der Waals surface area contributed by atoms with Crippen LogP contribution >= 0.6 is 0 Å². The van der Waals surface area contributed by atoms with E-state index in [0.717, 1.165) is 24.5 Å². The van der Waals surface area contributed by atoms with Crippen molar-refractivity contribution in [3.8, 4) is 0 Å². The van der Waals surface area contributed by atoms with E-state index >= 15 is 0 Å². The van der Waals surface area contributed by atoms with Crippen molar-refractivity contribution in [2.24, 2.45) is 0 Å². The van der Waals surface area contributed by atoms with Gasteiger partial charge in [0.1, 0.15) is 17.3 Å². The molecule has 1 aliphatic heterocycles. The molecule has 1 aliphatic rings. The van der Waals surface area contributed by atoms with Crippen LogP contribution in [-0.2, 0) is 6.54 Å². The van der Waals surface area contributed by atoms with Crippen LogP contribution in [0.4, 0.5) is 5.82 Å². The molecule has 0 N–H and O–H groups in total. The van der Waals surface area contributed by atoms with E-state index in [-0.39, 0.29) is 5.91 Å². The van der Waals surface area contributed by atoms with E-state index in [4.69, 9.17) is 0 Å². The van der Waals surface area contributed by atoms with Gasteiger partial charge in [-0.15, -0.1) is 0 Å². The summed E-state index contributed by atoms with van der Waals surface area (Å²) in [5.41, 5.74) is 1.62. The Morgan fingerprint density at radius 3 is 2.52 bits per heavy atom. The minimum Gasteiger partial charge on any atom is -0.356 e. The third kappa shape index (κ3) is 4.35. The number of nitrogens with zero attached hydrogens (tertiary/aromatic N) is 4. The number of carbonyl (C=O) groups excluding carboxylic acids is 1. The lowest BCUT2D eigenvalue weighted by molar-refractivity contribution is 0.0746. The molecule has 1 saturated heterocycles. The molecule has 132 valence electrons. The summed E-state index contributed by atoms with van der Waals surface area (Å²) in [4.78, 5) is 26.0. The molecule has 1 fully saturated rings. The summed E-state index contributed by atoms with van der Waals surface area (Å²) in [5.74, 6) is 1.50. The maximum atomic E-state index is 13.0. The lowest BCUT2D eigenvalue weighted by Crippen LogP contribution is -2.33. The van der Waals surface area contributed by atoms with Gasteiger partial charge in [0.25, 0.3) is 5.91 Å². The van der Waals surface area contributed by atoms with Crippen LogP contribution in [0.1, 0.15) is 48.1 Å². The first-order chi connectivity index (χ1) is 12.2. The molecule has 25 heavy (non-hydrogen) atoms. The van der Waals surface area contributed by atoms with E-state index in [2.05, 4.69) is 14.9 Å². The summed E-state index contributed by atoms with van der Waals surface area (Å²) in [6.07, 6.45) is 3.63. The predicted octanol–water partition coefficient (Wildman–Crippen LogP) is 3.44. The van der Waals surface area contributed by atoms with Crippen LogP contribution in [0, 0.1) is 6.92 Å². The van der Waals surface area contributed by atoms with Crippen molar-refractivity contribution >= 4 is 11.7 Å². The number of anilines is 1. The standard InChI is InChI=1S/C20H26N4O/c1-3-23(15-17-10-6-4-7-11-17)20(25)18-14-19(22-16(2)21-18)24-12-8-5-9-13-24/h4,6-7,10-11,14H,3,5,8-9,12-13,15H2,1-2H3. The number of benzene rings is 1. The first-order valence-corrected chi connectivity index (χ1v) is 9.11. The number of piperidine rings is 1. The zero-order chi connectivity index (χ0) is 17.6. The third-order valence-corrected chi connectivity index (χ3v) is 4.61. The number of hydrogen-bond acceptors (Lipinski definition) is 4. The lowest BCUT2D eigenvalue weighted by atomic mass is 10.1. The maximum Gasteiger partial charge on any atom is 0.272 e. The Kier molecular flexibility index (Phi) is 5.64. The summed E-state index contributed by atoms with van der Waals surface area (Å²) in [6, 6.07) is 11.9. The molecule has 0 atom stereocenters. The molecule has 3 rings (SSSR count). The van der Waals surface area contributed by atoms with E-state index in [1.165, 1.54) is 19.3 Å². The van der Waals surface area contributed by atoms with Gasteiger partial charge in [0.2, 0.25) is 0 Å². The van der Waals surface area contributed by atoms with E-state index in [9.17, 15) is 4.79 Å². The molecule has 2 aromatic rings. The van der Waals surface area contributed by atoms with Gasteiger partial charge in [0.05, 0.1) is 0 Å². The zero-order valence-corrected chi connectivity index (χ0v) is 15.1. The quantitative estimate of drug-likeness (QED) is 0.838. The number of rotatable bonds is 5. The van der Waals surface area contributed by atoms with Gasteiger partial charge in [0, 0.05) is 32.2 Å². The molecule has 0 unspecified atom stereocenters. The van der Waals surface area contributed by atoms with Crippen LogP contribution in [0.2, 0.25) is 0 Å². The van der Waals surface area contributed by atoms with Gasteiger partial charge in [-0.25, -0.2) is 9.97 Å². The fourth-order valence-corrected chi connectivity index (χ4v) is 3.24. The molecule has 1 aromatic carbocycles. The van der Waals surface area contributed by atoms with Gasteiger partial charge in [-0.1, -0.05) is 30.3 Å². The highest BCUT2D eigenvalue weighted by Gasteiger charge is 2.20. The molecule has 0 radical (unpaired) electrons. The van der Waals surface area contributed by atoms with Crippen molar-refractivity contribution in [2.45, 2.75) is 39.7 Å². The molecule has 1 aromatic heterocycles. The smallest absolute Gasteiger partial charge is 0.272 e. The molecule has 0 saturated carbocycles. The summed E-state index contributed by atoms with van der Waals surface area (Å²) >= 11 is 0. The Labute approximate surface area is 149 Å². The molecular formula is C20H26N4O. The van der Waals surface area contributed by atoms with Gasteiger partial charge < -0.3 is 9.80 Å². The average Bonchev–Trinajstić information content (AvgIpc) is 2.66. The number of aryl methyl sites for hydroxylation is 1. The maximum absolute atomic E-state index is 13.0.